The second-order valence-electron chi connectivity index (χ2n) is 6.18. The second-order valence-corrected chi connectivity index (χ2v) is 6.18. The van der Waals surface area contributed by atoms with Crippen LogP contribution < -0.4 is 5.32 Å². The molecule has 0 bridgehead atoms. The maximum atomic E-state index is 12.0. The van der Waals surface area contributed by atoms with E-state index in [4.69, 9.17) is 9.47 Å². The van der Waals surface area contributed by atoms with Crippen molar-refractivity contribution in [2.45, 2.75) is 64.5 Å². The summed E-state index contributed by atoms with van der Waals surface area (Å²) in [6.45, 7) is 2.48. The smallest absolute Gasteiger partial charge is 0.328 e. The summed E-state index contributed by atoms with van der Waals surface area (Å²) in [5.74, 6) is -0.692. The Labute approximate surface area is 151 Å². The Bertz CT molecular complexity index is 490. The molecule has 0 saturated carbocycles. The average Bonchev–Trinajstić information content (AvgIpc) is 2.63. The summed E-state index contributed by atoms with van der Waals surface area (Å²) in [6, 6.07) is 9.06. The SMILES string of the molecule is CCCCCCCC[C@H](NC(=O)COCc1ccccc1)C(=O)OC. The van der Waals surface area contributed by atoms with Crippen molar-refractivity contribution in [3.63, 3.8) is 0 Å². The standard InChI is InChI=1S/C20H31NO4/c1-3-4-5-6-7-11-14-18(20(23)24-2)21-19(22)16-25-15-17-12-9-8-10-13-17/h8-10,12-13,18H,3-7,11,14-16H2,1-2H3,(H,21,22)/t18-/m0/s1. The van der Waals surface area contributed by atoms with Crippen LogP contribution in [0.4, 0.5) is 0 Å². The van der Waals surface area contributed by atoms with Crippen molar-refractivity contribution in [2.24, 2.45) is 0 Å². The van der Waals surface area contributed by atoms with Gasteiger partial charge in [-0.05, 0) is 12.0 Å². The quantitative estimate of drug-likeness (QED) is 0.436. The van der Waals surface area contributed by atoms with Crippen molar-refractivity contribution < 1.29 is 19.1 Å². The Morgan fingerprint density at radius 1 is 1.04 bits per heavy atom. The van der Waals surface area contributed by atoms with Crippen LogP contribution in [-0.4, -0.2) is 31.6 Å². The number of nitrogens with one attached hydrogen (secondary N) is 1. The van der Waals surface area contributed by atoms with Crippen LogP contribution in [0.3, 0.4) is 0 Å². The Morgan fingerprint density at radius 3 is 2.40 bits per heavy atom. The number of hydrogen-bond donors (Lipinski definition) is 1. The van der Waals surface area contributed by atoms with E-state index in [9.17, 15) is 9.59 Å². The molecule has 0 radical (unpaired) electrons. The van der Waals surface area contributed by atoms with Gasteiger partial charge < -0.3 is 14.8 Å². The van der Waals surface area contributed by atoms with E-state index in [1.165, 1.54) is 26.4 Å². The minimum Gasteiger partial charge on any atom is -0.467 e. The molecule has 0 saturated heterocycles. The van der Waals surface area contributed by atoms with E-state index in [1.54, 1.807) is 0 Å². The van der Waals surface area contributed by atoms with E-state index in [0.717, 1.165) is 24.8 Å². The molecule has 140 valence electrons. The van der Waals surface area contributed by atoms with E-state index in [-0.39, 0.29) is 12.5 Å². The Morgan fingerprint density at radius 2 is 1.72 bits per heavy atom. The van der Waals surface area contributed by atoms with E-state index >= 15 is 0 Å². The van der Waals surface area contributed by atoms with Crippen LogP contribution in [0.2, 0.25) is 0 Å². The van der Waals surface area contributed by atoms with E-state index in [2.05, 4.69) is 12.2 Å². The molecule has 0 spiro atoms. The fourth-order valence-corrected chi connectivity index (χ4v) is 2.59. The highest BCUT2D eigenvalue weighted by Gasteiger charge is 2.20. The lowest BCUT2D eigenvalue weighted by Crippen LogP contribution is -2.43. The Hall–Kier alpha value is -1.88. The average molecular weight is 349 g/mol. The van der Waals surface area contributed by atoms with Crippen molar-refractivity contribution in [3.8, 4) is 0 Å². The lowest BCUT2D eigenvalue weighted by atomic mass is 10.1. The van der Waals surface area contributed by atoms with Crippen LogP contribution in [0, 0.1) is 0 Å². The highest BCUT2D eigenvalue weighted by molar-refractivity contribution is 5.84. The van der Waals surface area contributed by atoms with Crippen molar-refractivity contribution in [3.05, 3.63) is 35.9 Å². The van der Waals surface area contributed by atoms with Crippen molar-refractivity contribution in [1.82, 2.24) is 5.32 Å². The zero-order chi connectivity index (χ0) is 18.3. The van der Waals surface area contributed by atoms with Crippen LogP contribution in [0.25, 0.3) is 0 Å². The maximum Gasteiger partial charge on any atom is 0.328 e. The number of carbonyl (C=O) groups is 2. The molecule has 0 aliphatic rings. The largest absolute Gasteiger partial charge is 0.467 e. The molecule has 1 rings (SSSR count). The zero-order valence-electron chi connectivity index (χ0n) is 15.5. The highest BCUT2D eigenvalue weighted by atomic mass is 16.5. The molecule has 1 amide bonds. The highest BCUT2D eigenvalue weighted by Crippen LogP contribution is 2.09. The number of amides is 1. The Kier molecular flexibility index (Phi) is 11.4. The molecule has 0 aliphatic heterocycles. The molecule has 25 heavy (non-hydrogen) atoms. The number of ether oxygens (including phenoxy) is 2. The predicted octanol–water partition coefficient (Wildman–Crippen LogP) is 3.61. The summed E-state index contributed by atoms with van der Waals surface area (Å²) in [5.41, 5.74) is 1.01. The molecule has 0 heterocycles. The van der Waals surface area contributed by atoms with Gasteiger partial charge in [-0.25, -0.2) is 4.79 Å². The summed E-state index contributed by atoms with van der Waals surface area (Å²) in [5, 5.41) is 2.72. The molecule has 1 atom stereocenters. The van der Waals surface area contributed by atoms with Gasteiger partial charge in [0.15, 0.2) is 0 Å². The number of carbonyl (C=O) groups excluding carboxylic acids is 2. The summed E-state index contributed by atoms with van der Waals surface area (Å²) < 4.78 is 10.2. The first-order chi connectivity index (χ1) is 12.2. The molecule has 1 aromatic rings. The van der Waals surface area contributed by atoms with Gasteiger partial charge in [-0.15, -0.1) is 0 Å². The molecule has 5 heteroatoms. The monoisotopic (exact) mass is 349 g/mol. The van der Waals surface area contributed by atoms with Gasteiger partial charge in [-0.2, -0.15) is 0 Å². The minimum absolute atomic E-state index is 0.0705. The summed E-state index contributed by atoms with van der Waals surface area (Å²) in [6.07, 6.45) is 7.40. The fraction of sp³-hybridized carbons (Fsp3) is 0.600. The van der Waals surface area contributed by atoms with Gasteiger partial charge in [-0.1, -0.05) is 75.8 Å². The van der Waals surface area contributed by atoms with E-state index < -0.39 is 12.0 Å². The van der Waals surface area contributed by atoms with Crippen LogP contribution in [-0.2, 0) is 25.7 Å². The van der Waals surface area contributed by atoms with Gasteiger partial charge >= 0.3 is 5.97 Å². The molecular weight excluding hydrogens is 318 g/mol. The van der Waals surface area contributed by atoms with Crippen molar-refractivity contribution >= 4 is 11.9 Å². The van der Waals surface area contributed by atoms with Gasteiger partial charge in [0.2, 0.25) is 5.91 Å². The third kappa shape index (κ3) is 9.87. The maximum absolute atomic E-state index is 12.0. The molecule has 5 nitrogen and oxygen atoms in total. The molecule has 0 fully saturated rings. The van der Waals surface area contributed by atoms with Gasteiger partial charge in [-0.3, -0.25) is 4.79 Å². The first-order valence-electron chi connectivity index (χ1n) is 9.16. The van der Waals surface area contributed by atoms with Gasteiger partial charge in [0.25, 0.3) is 0 Å². The first-order valence-corrected chi connectivity index (χ1v) is 9.16. The molecule has 0 unspecified atom stereocenters. The third-order valence-corrected chi connectivity index (χ3v) is 4.01. The number of methoxy groups -OCH3 is 1. The predicted molar refractivity (Wildman–Crippen MR) is 98.0 cm³/mol. The first kappa shape index (κ1) is 21.2. The molecule has 1 aromatic carbocycles. The van der Waals surface area contributed by atoms with Gasteiger partial charge in [0.05, 0.1) is 13.7 Å². The van der Waals surface area contributed by atoms with E-state index in [1.807, 2.05) is 30.3 Å². The third-order valence-electron chi connectivity index (χ3n) is 4.01. The van der Waals surface area contributed by atoms with Crippen LogP contribution in [0.1, 0.15) is 57.4 Å². The minimum atomic E-state index is -0.594. The number of unbranched alkanes of at least 4 members (excludes halogenated alkanes) is 5. The number of esters is 1. The summed E-state index contributed by atoms with van der Waals surface area (Å²) in [7, 11) is 1.34. The van der Waals surface area contributed by atoms with Crippen LogP contribution in [0.5, 0.6) is 0 Å². The summed E-state index contributed by atoms with van der Waals surface area (Å²) >= 11 is 0. The fourth-order valence-electron chi connectivity index (χ4n) is 2.59. The normalized spacial score (nSPS) is 11.8. The van der Waals surface area contributed by atoms with Crippen LogP contribution in [0.15, 0.2) is 30.3 Å². The van der Waals surface area contributed by atoms with Crippen molar-refractivity contribution in [2.75, 3.05) is 13.7 Å². The second kappa shape index (κ2) is 13.4. The Balaban J connectivity index is 2.28. The van der Waals surface area contributed by atoms with Gasteiger partial charge in [0.1, 0.15) is 12.6 Å². The zero-order valence-corrected chi connectivity index (χ0v) is 15.5. The van der Waals surface area contributed by atoms with Crippen molar-refractivity contribution in [1.29, 1.82) is 0 Å². The molecular formula is C20H31NO4. The van der Waals surface area contributed by atoms with E-state index in [0.29, 0.717) is 13.0 Å². The molecule has 0 aliphatic carbocycles. The lowest BCUT2D eigenvalue weighted by molar-refractivity contribution is -0.146. The lowest BCUT2D eigenvalue weighted by Gasteiger charge is -2.16. The molecule has 1 N–H and O–H groups in total. The van der Waals surface area contributed by atoms with Crippen LogP contribution >= 0.6 is 0 Å². The molecule has 0 aromatic heterocycles. The summed E-state index contributed by atoms with van der Waals surface area (Å²) in [4.78, 5) is 23.8. The van der Waals surface area contributed by atoms with Gasteiger partial charge in [0, 0.05) is 0 Å². The number of rotatable bonds is 13. The number of benzene rings is 1. The topological polar surface area (TPSA) is 64.6 Å². The number of hydrogen-bond acceptors (Lipinski definition) is 4.